The van der Waals surface area contributed by atoms with E-state index in [2.05, 4.69) is 4.98 Å². The molecule has 18 heavy (non-hydrogen) atoms. The molecular weight excluding hydrogens is 226 g/mol. The van der Waals surface area contributed by atoms with Gasteiger partial charge in [-0.15, -0.1) is 0 Å². The molecule has 0 amide bonds. The van der Waals surface area contributed by atoms with E-state index in [1.165, 1.54) is 6.92 Å². The van der Waals surface area contributed by atoms with Crippen molar-refractivity contribution in [1.29, 1.82) is 0 Å². The van der Waals surface area contributed by atoms with Crippen LogP contribution in [0.2, 0.25) is 0 Å². The van der Waals surface area contributed by atoms with Gasteiger partial charge >= 0.3 is 0 Å². The van der Waals surface area contributed by atoms with E-state index >= 15 is 0 Å². The fourth-order valence-electron chi connectivity index (χ4n) is 1.94. The van der Waals surface area contributed by atoms with E-state index in [9.17, 15) is 9.90 Å². The minimum atomic E-state index is -0.0827. The summed E-state index contributed by atoms with van der Waals surface area (Å²) in [5.41, 5.74) is 3.55. The van der Waals surface area contributed by atoms with E-state index in [0.717, 1.165) is 11.1 Å². The Hall–Kier alpha value is -2.16. The number of hydrogen-bond acceptors (Lipinski definition) is 3. The number of aromatic hydroxyl groups is 1. The highest BCUT2D eigenvalue weighted by molar-refractivity contribution is 5.92. The van der Waals surface area contributed by atoms with E-state index in [1.807, 2.05) is 26.0 Å². The van der Waals surface area contributed by atoms with Crippen molar-refractivity contribution in [2.45, 2.75) is 20.8 Å². The number of benzene rings is 1. The maximum Gasteiger partial charge on any atom is 0.178 e. The second-order valence-electron chi connectivity index (χ2n) is 4.44. The molecule has 0 aliphatic heterocycles. The van der Waals surface area contributed by atoms with Gasteiger partial charge < -0.3 is 5.11 Å². The van der Waals surface area contributed by atoms with Crippen LogP contribution >= 0.6 is 0 Å². The zero-order chi connectivity index (χ0) is 13.3. The van der Waals surface area contributed by atoms with E-state index in [4.69, 9.17) is 0 Å². The third-order valence-corrected chi connectivity index (χ3v) is 2.83. The largest absolute Gasteiger partial charge is 0.507 e. The fraction of sp³-hybridized carbons (Fsp3) is 0.200. The molecular formula is C15H15NO2. The van der Waals surface area contributed by atoms with E-state index in [1.54, 1.807) is 18.2 Å². The SMILES string of the molecule is CC(=O)c1cccc(-c2cc(C)cc(C)c2O)n1. The van der Waals surface area contributed by atoms with Crippen LogP contribution < -0.4 is 0 Å². The molecule has 0 spiro atoms. The van der Waals surface area contributed by atoms with E-state index in [-0.39, 0.29) is 11.5 Å². The summed E-state index contributed by atoms with van der Waals surface area (Å²) >= 11 is 0. The Morgan fingerprint density at radius 3 is 2.61 bits per heavy atom. The second-order valence-corrected chi connectivity index (χ2v) is 4.44. The molecule has 3 heteroatoms. The molecule has 1 heterocycles. The Balaban J connectivity index is 2.62. The normalized spacial score (nSPS) is 10.4. The molecule has 0 unspecified atom stereocenters. The summed E-state index contributed by atoms with van der Waals surface area (Å²) in [6.07, 6.45) is 0. The first-order valence-corrected chi connectivity index (χ1v) is 5.77. The maximum atomic E-state index is 11.3. The highest BCUT2D eigenvalue weighted by Gasteiger charge is 2.10. The summed E-state index contributed by atoms with van der Waals surface area (Å²) in [6.45, 7) is 5.29. The van der Waals surface area contributed by atoms with Crippen molar-refractivity contribution in [3.8, 4) is 17.0 Å². The molecule has 0 atom stereocenters. The summed E-state index contributed by atoms with van der Waals surface area (Å²) in [5.74, 6) is 0.134. The van der Waals surface area contributed by atoms with Crippen molar-refractivity contribution in [2.75, 3.05) is 0 Å². The smallest absolute Gasteiger partial charge is 0.178 e. The molecule has 0 fully saturated rings. The van der Waals surface area contributed by atoms with Crippen molar-refractivity contribution in [3.63, 3.8) is 0 Å². The Morgan fingerprint density at radius 1 is 1.22 bits per heavy atom. The first-order valence-electron chi connectivity index (χ1n) is 5.77. The third-order valence-electron chi connectivity index (χ3n) is 2.83. The number of aryl methyl sites for hydroxylation is 2. The van der Waals surface area contributed by atoms with Gasteiger partial charge in [0.15, 0.2) is 5.78 Å². The van der Waals surface area contributed by atoms with Crippen molar-refractivity contribution >= 4 is 5.78 Å². The zero-order valence-electron chi connectivity index (χ0n) is 10.7. The number of phenols is 1. The van der Waals surface area contributed by atoms with Crippen molar-refractivity contribution in [1.82, 2.24) is 4.98 Å². The van der Waals surface area contributed by atoms with Gasteiger partial charge in [0, 0.05) is 12.5 Å². The first kappa shape index (κ1) is 12.3. The number of Topliss-reactive ketones (excluding diaryl/α,β-unsaturated/α-hetero) is 1. The van der Waals surface area contributed by atoms with E-state index < -0.39 is 0 Å². The number of aromatic nitrogens is 1. The van der Waals surface area contributed by atoms with Gasteiger partial charge in [-0.25, -0.2) is 4.98 Å². The number of carbonyl (C=O) groups is 1. The quantitative estimate of drug-likeness (QED) is 0.821. The highest BCUT2D eigenvalue weighted by Crippen LogP contribution is 2.32. The monoisotopic (exact) mass is 241 g/mol. The summed E-state index contributed by atoms with van der Waals surface area (Å²) in [4.78, 5) is 15.6. The van der Waals surface area contributed by atoms with Gasteiger partial charge in [0.05, 0.1) is 5.69 Å². The Kier molecular flexibility index (Phi) is 3.15. The zero-order valence-corrected chi connectivity index (χ0v) is 10.7. The molecule has 0 bridgehead atoms. The van der Waals surface area contributed by atoms with Crippen molar-refractivity contribution < 1.29 is 9.90 Å². The predicted octanol–water partition coefficient (Wildman–Crippen LogP) is 3.27. The molecule has 3 nitrogen and oxygen atoms in total. The standard InChI is InChI=1S/C15H15NO2/c1-9-7-10(2)15(18)12(8-9)14-6-4-5-13(16-14)11(3)17/h4-8,18H,1-3H3. The predicted molar refractivity (Wildman–Crippen MR) is 70.8 cm³/mol. The number of ketones is 1. The molecule has 0 aliphatic rings. The van der Waals surface area contributed by atoms with Gasteiger partial charge in [0.2, 0.25) is 0 Å². The molecule has 92 valence electrons. The Labute approximate surface area is 106 Å². The lowest BCUT2D eigenvalue weighted by atomic mass is 10.0. The minimum Gasteiger partial charge on any atom is -0.507 e. The summed E-state index contributed by atoms with van der Waals surface area (Å²) in [7, 11) is 0. The van der Waals surface area contributed by atoms with Crippen LogP contribution in [-0.4, -0.2) is 15.9 Å². The van der Waals surface area contributed by atoms with Crippen LogP contribution in [0.25, 0.3) is 11.3 Å². The van der Waals surface area contributed by atoms with Gasteiger partial charge in [0.1, 0.15) is 11.4 Å². The number of nitrogens with zero attached hydrogens (tertiary/aromatic N) is 1. The third kappa shape index (κ3) is 2.25. The topological polar surface area (TPSA) is 50.2 Å². The van der Waals surface area contributed by atoms with Crippen LogP contribution in [0.5, 0.6) is 5.75 Å². The highest BCUT2D eigenvalue weighted by atomic mass is 16.3. The average molecular weight is 241 g/mol. The average Bonchev–Trinajstić information content (AvgIpc) is 2.34. The lowest BCUT2D eigenvalue weighted by Crippen LogP contribution is -1.98. The Bertz CT molecular complexity index is 618. The molecule has 0 aliphatic carbocycles. The molecule has 0 saturated carbocycles. The van der Waals surface area contributed by atoms with Crippen LogP contribution in [-0.2, 0) is 0 Å². The summed E-state index contributed by atoms with van der Waals surface area (Å²) in [6, 6.07) is 9.02. The molecule has 2 aromatic rings. The van der Waals surface area contributed by atoms with Gasteiger partial charge in [-0.05, 0) is 43.2 Å². The maximum absolute atomic E-state index is 11.3. The second kappa shape index (κ2) is 4.61. The lowest BCUT2D eigenvalue weighted by molar-refractivity contribution is 0.101. The van der Waals surface area contributed by atoms with Crippen molar-refractivity contribution in [2.24, 2.45) is 0 Å². The minimum absolute atomic E-state index is 0.0827. The van der Waals surface area contributed by atoms with Crippen molar-refractivity contribution in [3.05, 3.63) is 47.2 Å². The molecule has 1 aromatic carbocycles. The number of phenolic OH excluding ortho intramolecular Hbond substituents is 1. The van der Waals surface area contributed by atoms with Crippen LogP contribution in [0.3, 0.4) is 0 Å². The molecule has 1 N–H and O–H groups in total. The lowest BCUT2D eigenvalue weighted by Gasteiger charge is -2.09. The molecule has 0 saturated heterocycles. The number of carbonyl (C=O) groups excluding carboxylic acids is 1. The van der Waals surface area contributed by atoms with Gasteiger partial charge in [-0.3, -0.25) is 4.79 Å². The van der Waals surface area contributed by atoms with Crippen LogP contribution in [0.1, 0.15) is 28.5 Å². The fourth-order valence-corrected chi connectivity index (χ4v) is 1.94. The molecule has 2 rings (SSSR count). The van der Waals surface area contributed by atoms with Gasteiger partial charge in [-0.2, -0.15) is 0 Å². The first-order chi connectivity index (χ1) is 8.49. The number of hydrogen-bond donors (Lipinski definition) is 1. The Morgan fingerprint density at radius 2 is 1.94 bits per heavy atom. The van der Waals surface area contributed by atoms with Crippen LogP contribution in [0, 0.1) is 13.8 Å². The van der Waals surface area contributed by atoms with Crippen LogP contribution in [0.4, 0.5) is 0 Å². The molecule has 1 aromatic heterocycles. The number of rotatable bonds is 2. The molecule has 0 radical (unpaired) electrons. The van der Waals surface area contributed by atoms with Gasteiger partial charge in [-0.1, -0.05) is 12.1 Å². The van der Waals surface area contributed by atoms with Gasteiger partial charge in [0.25, 0.3) is 0 Å². The summed E-state index contributed by atoms with van der Waals surface area (Å²) < 4.78 is 0. The van der Waals surface area contributed by atoms with E-state index in [0.29, 0.717) is 17.0 Å². The summed E-state index contributed by atoms with van der Waals surface area (Å²) in [5, 5.41) is 10.1. The van der Waals surface area contributed by atoms with Crippen LogP contribution in [0.15, 0.2) is 30.3 Å². The number of pyridine rings is 1.